The second kappa shape index (κ2) is 5.19. The van der Waals surface area contributed by atoms with Gasteiger partial charge in [0.1, 0.15) is 5.60 Å². The zero-order valence-corrected chi connectivity index (χ0v) is 11.9. The van der Waals surface area contributed by atoms with E-state index in [0.29, 0.717) is 11.7 Å². The van der Waals surface area contributed by atoms with Crippen LogP contribution in [0.2, 0.25) is 0 Å². The first kappa shape index (κ1) is 13.8. The Morgan fingerprint density at radius 2 is 2.16 bits per heavy atom. The van der Waals surface area contributed by atoms with Crippen LogP contribution in [0.3, 0.4) is 0 Å². The molecule has 0 aromatic carbocycles. The maximum absolute atomic E-state index is 11.7. The first-order valence-corrected chi connectivity index (χ1v) is 6.63. The highest BCUT2D eigenvalue weighted by Crippen LogP contribution is 2.33. The molecule has 0 bridgehead atoms. The van der Waals surface area contributed by atoms with E-state index in [1.165, 1.54) is 0 Å². The quantitative estimate of drug-likeness (QED) is 0.891. The number of rotatable bonds is 2. The Bertz CT molecular complexity index is 450. The van der Waals surface area contributed by atoms with Gasteiger partial charge in [-0.3, -0.25) is 0 Å². The van der Waals surface area contributed by atoms with E-state index < -0.39 is 5.60 Å². The molecular formula is C13H21N3O3. The largest absolute Gasteiger partial charge is 0.444 e. The van der Waals surface area contributed by atoms with Gasteiger partial charge in [0, 0.05) is 12.0 Å². The fourth-order valence-corrected chi connectivity index (χ4v) is 2.29. The van der Waals surface area contributed by atoms with Gasteiger partial charge in [-0.2, -0.15) is 4.98 Å². The fraction of sp³-hybridized carbons (Fsp3) is 0.769. The highest BCUT2D eigenvalue weighted by Gasteiger charge is 2.31. The van der Waals surface area contributed by atoms with Crippen LogP contribution in [0.1, 0.15) is 57.7 Å². The normalized spacial score (nSPS) is 23.4. The molecule has 0 aliphatic heterocycles. The van der Waals surface area contributed by atoms with Gasteiger partial charge in [-0.25, -0.2) is 4.79 Å². The van der Waals surface area contributed by atoms with Crippen LogP contribution in [0, 0.1) is 6.92 Å². The summed E-state index contributed by atoms with van der Waals surface area (Å²) < 4.78 is 10.4. The smallest absolute Gasteiger partial charge is 0.407 e. The van der Waals surface area contributed by atoms with Crippen LogP contribution in [-0.4, -0.2) is 27.9 Å². The van der Waals surface area contributed by atoms with Crippen LogP contribution in [0.4, 0.5) is 4.79 Å². The van der Waals surface area contributed by atoms with Gasteiger partial charge < -0.3 is 14.6 Å². The van der Waals surface area contributed by atoms with E-state index in [0.717, 1.165) is 19.3 Å². The summed E-state index contributed by atoms with van der Waals surface area (Å²) >= 11 is 0. The molecule has 0 spiro atoms. The molecule has 6 heteroatoms. The Hall–Kier alpha value is -1.59. The summed E-state index contributed by atoms with van der Waals surface area (Å²) in [6.07, 6.45) is 2.31. The SMILES string of the molecule is Cc1noc([C@H]2CC[C@@H](NC(=O)OC(C)(C)C)C2)n1. The summed E-state index contributed by atoms with van der Waals surface area (Å²) in [6.45, 7) is 7.36. The maximum atomic E-state index is 11.7. The first-order valence-electron chi connectivity index (χ1n) is 6.63. The topological polar surface area (TPSA) is 77.2 Å². The average molecular weight is 267 g/mol. The fourth-order valence-electron chi connectivity index (χ4n) is 2.29. The Morgan fingerprint density at radius 1 is 1.42 bits per heavy atom. The molecule has 6 nitrogen and oxygen atoms in total. The van der Waals surface area contributed by atoms with Gasteiger partial charge in [-0.05, 0) is 47.0 Å². The molecule has 1 aliphatic rings. The molecule has 2 atom stereocenters. The van der Waals surface area contributed by atoms with Crippen LogP contribution in [0.5, 0.6) is 0 Å². The Balaban J connectivity index is 1.84. The van der Waals surface area contributed by atoms with E-state index in [1.54, 1.807) is 6.92 Å². The summed E-state index contributed by atoms with van der Waals surface area (Å²) in [7, 11) is 0. The van der Waals surface area contributed by atoms with Crippen molar-refractivity contribution in [2.75, 3.05) is 0 Å². The molecule has 1 fully saturated rings. The molecule has 0 radical (unpaired) electrons. The summed E-state index contributed by atoms with van der Waals surface area (Å²) in [5, 5.41) is 6.69. The third kappa shape index (κ3) is 3.94. The highest BCUT2D eigenvalue weighted by atomic mass is 16.6. The molecule has 1 saturated carbocycles. The summed E-state index contributed by atoms with van der Waals surface area (Å²) in [5.41, 5.74) is -0.467. The van der Waals surface area contributed by atoms with E-state index in [2.05, 4.69) is 15.5 Å². The van der Waals surface area contributed by atoms with Gasteiger partial charge in [0.05, 0.1) is 0 Å². The van der Waals surface area contributed by atoms with Crippen molar-refractivity contribution < 1.29 is 14.1 Å². The predicted molar refractivity (Wildman–Crippen MR) is 68.8 cm³/mol. The van der Waals surface area contributed by atoms with Crippen molar-refractivity contribution in [3.8, 4) is 0 Å². The number of carbonyl (C=O) groups excluding carboxylic acids is 1. The van der Waals surface area contributed by atoms with Gasteiger partial charge in [-0.1, -0.05) is 5.16 Å². The highest BCUT2D eigenvalue weighted by molar-refractivity contribution is 5.68. The van der Waals surface area contributed by atoms with Gasteiger partial charge in [-0.15, -0.1) is 0 Å². The molecule has 1 aromatic rings. The molecule has 0 unspecified atom stereocenters. The monoisotopic (exact) mass is 267 g/mol. The lowest BCUT2D eigenvalue weighted by molar-refractivity contribution is 0.0505. The maximum Gasteiger partial charge on any atom is 0.407 e. The van der Waals surface area contributed by atoms with Gasteiger partial charge in [0.15, 0.2) is 5.82 Å². The molecule has 1 aromatic heterocycles. The van der Waals surface area contributed by atoms with Crippen LogP contribution in [-0.2, 0) is 4.74 Å². The number of nitrogens with zero attached hydrogens (tertiary/aromatic N) is 2. The minimum atomic E-state index is -0.467. The molecule has 2 rings (SSSR count). The Kier molecular flexibility index (Phi) is 3.78. The number of amides is 1. The average Bonchev–Trinajstić information content (AvgIpc) is 2.83. The Labute approximate surface area is 112 Å². The van der Waals surface area contributed by atoms with Crippen molar-refractivity contribution in [1.82, 2.24) is 15.5 Å². The van der Waals surface area contributed by atoms with Crippen molar-refractivity contribution in [3.05, 3.63) is 11.7 Å². The number of ether oxygens (including phenoxy) is 1. The van der Waals surface area contributed by atoms with Crippen molar-refractivity contribution in [2.24, 2.45) is 0 Å². The molecule has 1 amide bonds. The van der Waals surface area contributed by atoms with Gasteiger partial charge in [0.25, 0.3) is 0 Å². The van der Waals surface area contributed by atoms with E-state index in [4.69, 9.17) is 9.26 Å². The lowest BCUT2D eigenvalue weighted by Gasteiger charge is -2.21. The molecule has 19 heavy (non-hydrogen) atoms. The van der Waals surface area contributed by atoms with Crippen molar-refractivity contribution >= 4 is 6.09 Å². The van der Waals surface area contributed by atoms with E-state index in [-0.39, 0.29) is 18.1 Å². The molecule has 0 saturated heterocycles. The Morgan fingerprint density at radius 3 is 2.74 bits per heavy atom. The van der Waals surface area contributed by atoms with Gasteiger partial charge >= 0.3 is 6.09 Å². The number of aryl methyl sites for hydroxylation is 1. The predicted octanol–water partition coefficient (Wildman–Crippen LogP) is 2.54. The number of hydrogen-bond donors (Lipinski definition) is 1. The minimum absolute atomic E-state index is 0.118. The van der Waals surface area contributed by atoms with E-state index in [1.807, 2.05) is 20.8 Å². The minimum Gasteiger partial charge on any atom is -0.444 e. The first-order chi connectivity index (χ1) is 8.83. The standard InChI is InChI=1S/C13H21N3O3/c1-8-14-11(19-16-8)9-5-6-10(7-9)15-12(17)18-13(2,3)4/h9-10H,5-7H2,1-4H3,(H,15,17)/t9-,10+/m0/s1. The van der Waals surface area contributed by atoms with Crippen LogP contribution < -0.4 is 5.32 Å². The number of alkyl carbamates (subject to hydrolysis) is 1. The second-order valence-corrected chi connectivity index (χ2v) is 6.03. The zero-order valence-electron chi connectivity index (χ0n) is 11.9. The van der Waals surface area contributed by atoms with Crippen molar-refractivity contribution in [1.29, 1.82) is 0 Å². The lowest BCUT2D eigenvalue weighted by Crippen LogP contribution is -2.37. The molecule has 1 aliphatic carbocycles. The summed E-state index contributed by atoms with van der Waals surface area (Å²) in [4.78, 5) is 15.9. The molecule has 1 heterocycles. The summed E-state index contributed by atoms with van der Waals surface area (Å²) in [5.74, 6) is 1.56. The number of nitrogens with one attached hydrogen (secondary N) is 1. The van der Waals surface area contributed by atoms with Crippen LogP contribution in [0.15, 0.2) is 4.52 Å². The van der Waals surface area contributed by atoms with Gasteiger partial charge in [0.2, 0.25) is 5.89 Å². The molecule has 1 N–H and O–H groups in total. The van der Waals surface area contributed by atoms with Crippen molar-refractivity contribution in [3.63, 3.8) is 0 Å². The molecular weight excluding hydrogens is 246 g/mol. The number of hydrogen-bond acceptors (Lipinski definition) is 5. The van der Waals surface area contributed by atoms with Crippen molar-refractivity contribution in [2.45, 2.75) is 64.5 Å². The van der Waals surface area contributed by atoms with E-state index >= 15 is 0 Å². The number of carbonyl (C=O) groups is 1. The second-order valence-electron chi connectivity index (χ2n) is 6.03. The summed E-state index contributed by atoms with van der Waals surface area (Å²) in [6, 6.07) is 0.118. The third-order valence-electron chi connectivity index (χ3n) is 3.05. The van der Waals surface area contributed by atoms with Crippen LogP contribution in [0.25, 0.3) is 0 Å². The van der Waals surface area contributed by atoms with Crippen LogP contribution >= 0.6 is 0 Å². The van der Waals surface area contributed by atoms with E-state index in [9.17, 15) is 4.79 Å². The third-order valence-corrected chi connectivity index (χ3v) is 3.05. The number of aromatic nitrogens is 2. The zero-order chi connectivity index (χ0) is 14.0. The molecule has 106 valence electrons. The lowest BCUT2D eigenvalue weighted by atomic mass is 10.1.